The van der Waals surface area contributed by atoms with E-state index in [1.54, 1.807) is 27.1 Å². The molecule has 0 spiro atoms. The van der Waals surface area contributed by atoms with Gasteiger partial charge in [0.15, 0.2) is 0 Å². The first-order valence-corrected chi connectivity index (χ1v) is 18.3. The number of hydrogen-bond acceptors (Lipinski definition) is 0. The third kappa shape index (κ3) is 2.99. The van der Waals surface area contributed by atoms with Crippen molar-refractivity contribution in [1.82, 2.24) is 0 Å². The number of hydrogen-bond donors (Lipinski definition) is 0. The van der Waals surface area contributed by atoms with Crippen LogP contribution in [0.3, 0.4) is 0 Å². The molecule has 1 saturated carbocycles. The van der Waals surface area contributed by atoms with Crippen LogP contribution in [0.25, 0.3) is 11.1 Å². The second-order valence-electron chi connectivity index (χ2n) is 11.5. The Morgan fingerprint density at radius 3 is 1.66 bits per heavy atom. The Balaban J connectivity index is 1.73. The molecule has 2 aromatic rings. The van der Waals surface area contributed by atoms with Gasteiger partial charge < -0.3 is 0 Å². The molecule has 0 aliphatic heterocycles. The van der Waals surface area contributed by atoms with Crippen LogP contribution in [0.2, 0.25) is 39.3 Å². The maximum absolute atomic E-state index is 2.61. The lowest BCUT2D eigenvalue weighted by Crippen LogP contribution is -2.38. The van der Waals surface area contributed by atoms with Crippen LogP contribution in [0.1, 0.15) is 36.3 Å². The summed E-state index contributed by atoms with van der Waals surface area (Å²) in [5.41, 5.74) is 8.30. The van der Waals surface area contributed by atoms with Gasteiger partial charge in [0.05, 0.1) is 16.1 Å². The van der Waals surface area contributed by atoms with Gasteiger partial charge in [-0.1, -0.05) is 110 Å². The van der Waals surface area contributed by atoms with E-state index >= 15 is 0 Å². The quantitative estimate of drug-likeness (QED) is 0.497. The van der Waals surface area contributed by atoms with E-state index in [-0.39, 0.29) is 0 Å². The fourth-order valence-electron chi connectivity index (χ4n) is 5.54. The van der Waals surface area contributed by atoms with Crippen LogP contribution in [0.5, 0.6) is 0 Å². The summed E-state index contributed by atoms with van der Waals surface area (Å²) < 4.78 is 0. The lowest BCUT2D eigenvalue weighted by Gasteiger charge is -2.29. The van der Waals surface area contributed by atoms with Crippen molar-refractivity contribution in [3.05, 3.63) is 71.3 Å². The average Bonchev–Trinajstić information content (AvgIpc) is 3.13. The van der Waals surface area contributed by atoms with E-state index in [9.17, 15) is 0 Å². The van der Waals surface area contributed by atoms with Crippen molar-refractivity contribution < 1.29 is 0 Å². The minimum atomic E-state index is -1.34. The molecule has 0 atom stereocenters. The Morgan fingerprint density at radius 1 is 0.759 bits per heavy atom. The molecule has 3 aliphatic rings. The molecule has 0 saturated heterocycles. The van der Waals surface area contributed by atoms with Gasteiger partial charge in [-0.05, 0) is 41.5 Å². The zero-order valence-electron chi connectivity index (χ0n) is 18.9. The highest BCUT2D eigenvalue weighted by atomic mass is 28.3. The van der Waals surface area contributed by atoms with Crippen molar-refractivity contribution in [2.75, 3.05) is 0 Å². The standard InChI is InChI=1S/C27H34Si2/c1-28(2,3)20-11-13-22-23-14-12-21(29(4,5)6)18-25(23)26(24(22)17-20)27(15-16-27)19-9-7-8-10-19/h7-9,11-14,17-18,26H,10,15-16H2,1-6H3. The third-order valence-electron chi connectivity index (χ3n) is 7.50. The summed E-state index contributed by atoms with van der Waals surface area (Å²) in [5, 5.41) is 3.21. The summed E-state index contributed by atoms with van der Waals surface area (Å²) in [6.07, 6.45) is 10.9. The van der Waals surface area contributed by atoms with Gasteiger partial charge in [0.2, 0.25) is 0 Å². The van der Waals surface area contributed by atoms with Gasteiger partial charge in [-0.25, -0.2) is 0 Å². The first kappa shape index (κ1) is 19.3. The Kier molecular flexibility index (Phi) is 4.12. The first-order chi connectivity index (χ1) is 13.6. The molecule has 0 aromatic heterocycles. The van der Waals surface area contributed by atoms with Crippen LogP contribution in [0, 0.1) is 5.41 Å². The van der Waals surface area contributed by atoms with Gasteiger partial charge >= 0.3 is 0 Å². The lowest BCUT2D eigenvalue weighted by atomic mass is 9.76. The molecule has 2 heteroatoms. The Morgan fingerprint density at radius 2 is 1.28 bits per heavy atom. The van der Waals surface area contributed by atoms with E-state index in [1.165, 1.54) is 24.0 Å². The maximum Gasteiger partial charge on any atom is 0.0776 e. The lowest BCUT2D eigenvalue weighted by molar-refractivity contribution is 0.526. The Hall–Kier alpha value is -1.65. The van der Waals surface area contributed by atoms with Crippen LogP contribution in [-0.4, -0.2) is 16.1 Å². The van der Waals surface area contributed by atoms with E-state index in [2.05, 4.69) is 93.9 Å². The number of fused-ring (bicyclic) bond motifs is 3. The van der Waals surface area contributed by atoms with E-state index in [4.69, 9.17) is 0 Å². The van der Waals surface area contributed by atoms with Gasteiger partial charge in [0.1, 0.15) is 0 Å². The summed E-state index contributed by atoms with van der Waals surface area (Å²) >= 11 is 0. The predicted octanol–water partition coefficient (Wildman–Crippen LogP) is 6.56. The molecule has 29 heavy (non-hydrogen) atoms. The molecule has 0 nitrogen and oxygen atoms in total. The molecule has 0 heterocycles. The summed E-state index contributed by atoms with van der Waals surface area (Å²) in [6, 6.07) is 15.0. The van der Waals surface area contributed by atoms with Crippen LogP contribution < -0.4 is 10.4 Å². The summed E-state index contributed by atoms with van der Waals surface area (Å²) in [4.78, 5) is 0. The molecular formula is C27H34Si2. The normalized spacial score (nSPS) is 19.9. The summed E-state index contributed by atoms with van der Waals surface area (Å²) in [6.45, 7) is 14.9. The highest BCUT2D eigenvalue weighted by Gasteiger charge is 2.55. The molecule has 5 rings (SSSR count). The molecule has 150 valence electrons. The molecule has 2 aromatic carbocycles. The highest BCUT2D eigenvalue weighted by Crippen LogP contribution is 2.67. The number of benzene rings is 2. The van der Waals surface area contributed by atoms with Crippen molar-refractivity contribution >= 4 is 26.5 Å². The van der Waals surface area contributed by atoms with Crippen LogP contribution in [0.4, 0.5) is 0 Å². The smallest absolute Gasteiger partial charge is 0.0776 e. The molecule has 0 radical (unpaired) electrons. The SMILES string of the molecule is C[Si](C)(C)c1ccc2c(c1)C(C1(C3=CC=CC3)CC1)c1cc([Si](C)(C)C)ccc1-2. The average molecular weight is 415 g/mol. The molecular weight excluding hydrogens is 380 g/mol. The monoisotopic (exact) mass is 414 g/mol. The molecule has 0 unspecified atom stereocenters. The number of allylic oxidation sites excluding steroid dienone is 4. The fraction of sp³-hybridized carbons (Fsp3) is 0.407. The van der Waals surface area contributed by atoms with Crippen LogP contribution in [-0.2, 0) is 0 Å². The van der Waals surface area contributed by atoms with Crippen molar-refractivity contribution in [3.8, 4) is 11.1 Å². The molecule has 3 aliphatic carbocycles. The van der Waals surface area contributed by atoms with E-state index in [1.807, 2.05) is 0 Å². The zero-order valence-corrected chi connectivity index (χ0v) is 20.9. The minimum absolute atomic E-state index is 0.361. The van der Waals surface area contributed by atoms with Crippen molar-refractivity contribution in [3.63, 3.8) is 0 Å². The van der Waals surface area contributed by atoms with Crippen molar-refractivity contribution in [1.29, 1.82) is 0 Å². The number of rotatable bonds is 4. The highest BCUT2D eigenvalue weighted by molar-refractivity contribution is 6.89. The second-order valence-corrected chi connectivity index (χ2v) is 21.7. The maximum atomic E-state index is 2.61. The summed E-state index contributed by atoms with van der Waals surface area (Å²) in [7, 11) is -2.68. The van der Waals surface area contributed by atoms with Crippen LogP contribution in [0.15, 0.2) is 60.2 Å². The summed E-state index contributed by atoms with van der Waals surface area (Å²) in [5.74, 6) is 0.547. The fourth-order valence-corrected chi connectivity index (χ4v) is 7.88. The molecule has 1 fully saturated rings. The Labute approximate surface area is 178 Å². The van der Waals surface area contributed by atoms with Gasteiger partial charge in [0.25, 0.3) is 0 Å². The van der Waals surface area contributed by atoms with Gasteiger partial charge in [-0.15, -0.1) is 0 Å². The Bertz CT molecular complexity index is 989. The van der Waals surface area contributed by atoms with E-state index < -0.39 is 16.1 Å². The van der Waals surface area contributed by atoms with E-state index in [0.29, 0.717) is 11.3 Å². The zero-order chi connectivity index (χ0) is 20.6. The second kappa shape index (κ2) is 6.18. The topological polar surface area (TPSA) is 0 Å². The minimum Gasteiger partial charge on any atom is -0.0804 e. The predicted molar refractivity (Wildman–Crippen MR) is 133 cm³/mol. The van der Waals surface area contributed by atoms with Crippen molar-refractivity contribution in [2.45, 2.75) is 64.5 Å². The van der Waals surface area contributed by atoms with Gasteiger partial charge in [-0.3, -0.25) is 0 Å². The molecule has 0 N–H and O–H groups in total. The third-order valence-corrected chi connectivity index (χ3v) is 11.6. The molecule has 0 amide bonds. The van der Waals surface area contributed by atoms with Crippen LogP contribution >= 0.6 is 0 Å². The van der Waals surface area contributed by atoms with Crippen molar-refractivity contribution in [2.24, 2.45) is 5.41 Å². The van der Waals surface area contributed by atoms with E-state index in [0.717, 1.165) is 6.42 Å². The van der Waals surface area contributed by atoms with Gasteiger partial charge in [-0.2, -0.15) is 0 Å². The largest absolute Gasteiger partial charge is 0.0804 e. The molecule has 0 bridgehead atoms. The van der Waals surface area contributed by atoms with Gasteiger partial charge in [0, 0.05) is 11.3 Å². The first-order valence-electron chi connectivity index (χ1n) is 11.3.